The van der Waals surface area contributed by atoms with E-state index in [0.717, 1.165) is 43.0 Å². The van der Waals surface area contributed by atoms with Crippen LogP contribution in [0.15, 0.2) is 24.3 Å². The molecule has 1 heterocycles. The van der Waals surface area contributed by atoms with Crippen LogP contribution in [-0.2, 0) is 11.3 Å². The summed E-state index contributed by atoms with van der Waals surface area (Å²) in [4.78, 5) is 14.3. The van der Waals surface area contributed by atoms with Crippen molar-refractivity contribution in [2.45, 2.75) is 45.6 Å². The fourth-order valence-corrected chi connectivity index (χ4v) is 3.38. The molecule has 1 saturated heterocycles. The number of likely N-dealkylation sites (tertiary alicyclic amines) is 1. The third-order valence-corrected chi connectivity index (χ3v) is 5.69. The number of carbonyl (C=O) groups is 1. The quantitative estimate of drug-likeness (QED) is 0.792. The van der Waals surface area contributed by atoms with Gasteiger partial charge < -0.3 is 20.1 Å². The number of nitrogens with one attached hydrogen (secondary N) is 1. The van der Waals surface area contributed by atoms with Gasteiger partial charge in [0.25, 0.3) is 0 Å². The molecule has 2 aliphatic rings. The lowest BCUT2D eigenvalue weighted by Crippen LogP contribution is -2.46. The summed E-state index contributed by atoms with van der Waals surface area (Å²) < 4.78 is 5.72. The Morgan fingerprint density at radius 2 is 2.12 bits per heavy atom. The zero-order chi connectivity index (χ0) is 17.7. The minimum Gasteiger partial charge on any atom is -0.396 e. The van der Waals surface area contributed by atoms with E-state index in [1.165, 1.54) is 12.8 Å². The summed E-state index contributed by atoms with van der Waals surface area (Å²) in [5, 5.41) is 12.6. The number of carbonyl (C=O) groups excluding carboxylic acids is 1. The number of aliphatic hydroxyl groups excluding tert-OH is 1. The van der Waals surface area contributed by atoms with Crippen LogP contribution in [0.1, 0.15) is 44.6 Å². The van der Waals surface area contributed by atoms with Crippen LogP contribution >= 0.6 is 0 Å². The zero-order valence-electron chi connectivity index (χ0n) is 15.2. The van der Waals surface area contributed by atoms with Gasteiger partial charge in [0.1, 0.15) is 0 Å². The first-order chi connectivity index (χ1) is 12.1. The highest BCUT2D eigenvalue weighted by molar-refractivity contribution is 5.89. The highest BCUT2D eigenvalue weighted by Crippen LogP contribution is 2.34. The zero-order valence-corrected chi connectivity index (χ0v) is 15.2. The second-order valence-electron chi connectivity index (χ2n) is 7.59. The van der Waals surface area contributed by atoms with E-state index < -0.39 is 0 Å². The summed E-state index contributed by atoms with van der Waals surface area (Å²) in [6.45, 7) is 5.16. The number of benzene rings is 1. The first kappa shape index (κ1) is 18.2. The average Bonchev–Trinajstić information content (AvgIpc) is 3.46. The largest absolute Gasteiger partial charge is 0.396 e. The molecule has 0 atom stereocenters. The van der Waals surface area contributed by atoms with Crippen molar-refractivity contribution in [1.29, 1.82) is 0 Å². The molecule has 138 valence electrons. The van der Waals surface area contributed by atoms with Crippen LogP contribution in [0, 0.1) is 11.3 Å². The number of ether oxygens (including phenoxy) is 1. The van der Waals surface area contributed by atoms with Gasteiger partial charge in [-0.25, -0.2) is 4.79 Å². The lowest BCUT2D eigenvalue weighted by molar-refractivity contribution is 0.0542. The van der Waals surface area contributed by atoms with Crippen molar-refractivity contribution >= 4 is 11.7 Å². The summed E-state index contributed by atoms with van der Waals surface area (Å²) in [6, 6.07) is 7.82. The van der Waals surface area contributed by atoms with Crippen molar-refractivity contribution in [2.24, 2.45) is 11.3 Å². The van der Waals surface area contributed by atoms with Crippen LogP contribution in [0.2, 0.25) is 0 Å². The third-order valence-electron chi connectivity index (χ3n) is 5.69. The van der Waals surface area contributed by atoms with Gasteiger partial charge in [-0.1, -0.05) is 19.1 Å². The number of anilines is 1. The van der Waals surface area contributed by atoms with Gasteiger partial charge in [-0.2, -0.15) is 0 Å². The van der Waals surface area contributed by atoms with Gasteiger partial charge in [0.2, 0.25) is 0 Å². The van der Waals surface area contributed by atoms with Gasteiger partial charge in [0.05, 0.1) is 6.61 Å². The van der Waals surface area contributed by atoms with Crippen molar-refractivity contribution in [3.8, 4) is 0 Å². The number of rotatable bonds is 7. The van der Waals surface area contributed by atoms with E-state index in [1.807, 2.05) is 29.2 Å². The molecule has 0 radical (unpaired) electrons. The Hall–Kier alpha value is -1.59. The Balaban J connectivity index is 1.49. The maximum atomic E-state index is 12.5. The van der Waals surface area contributed by atoms with Gasteiger partial charge in [-0.05, 0) is 61.1 Å². The summed E-state index contributed by atoms with van der Waals surface area (Å²) in [5.74, 6) is 0.760. The molecule has 5 nitrogen and oxygen atoms in total. The van der Waals surface area contributed by atoms with Crippen LogP contribution in [0.5, 0.6) is 0 Å². The van der Waals surface area contributed by atoms with Crippen molar-refractivity contribution in [3.63, 3.8) is 0 Å². The van der Waals surface area contributed by atoms with Crippen molar-refractivity contribution in [3.05, 3.63) is 29.8 Å². The van der Waals surface area contributed by atoms with Gasteiger partial charge in [-0.15, -0.1) is 0 Å². The van der Waals surface area contributed by atoms with Gasteiger partial charge >= 0.3 is 6.03 Å². The highest BCUT2D eigenvalue weighted by atomic mass is 16.5. The van der Waals surface area contributed by atoms with E-state index in [2.05, 4.69) is 12.2 Å². The van der Waals surface area contributed by atoms with E-state index >= 15 is 0 Å². The lowest BCUT2D eigenvalue weighted by atomic mass is 9.77. The number of urea groups is 1. The first-order valence-electron chi connectivity index (χ1n) is 9.47. The predicted octanol–water partition coefficient (Wildman–Crippen LogP) is 3.63. The Kier molecular flexibility index (Phi) is 5.97. The van der Waals surface area contributed by atoms with Crippen LogP contribution < -0.4 is 5.32 Å². The van der Waals surface area contributed by atoms with E-state index in [4.69, 9.17) is 4.74 Å². The van der Waals surface area contributed by atoms with Gasteiger partial charge in [-0.3, -0.25) is 0 Å². The van der Waals surface area contributed by atoms with E-state index in [0.29, 0.717) is 19.7 Å². The molecule has 1 aliphatic heterocycles. The topological polar surface area (TPSA) is 61.8 Å². The van der Waals surface area contributed by atoms with Crippen molar-refractivity contribution in [2.75, 3.05) is 31.6 Å². The summed E-state index contributed by atoms with van der Waals surface area (Å²) in [7, 11) is 0. The maximum Gasteiger partial charge on any atom is 0.321 e. The fraction of sp³-hybridized carbons (Fsp3) is 0.650. The first-order valence-corrected chi connectivity index (χ1v) is 9.47. The number of piperidine rings is 1. The normalized spacial score (nSPS) is 19.7. The molecule has 2 N–H and O–H groups in total. The Morgan fingerprint density at radius 1 is 1.36 bits per heavy atom. The molecular formula is C20H30N2O3. The summed E-state index contributed by atoms with van der Waals surface area (Å²) in [5.41, 5.74) is 1.89. The number of hydrogen-bond acceptors (Lipinski definition) is 3. The van der Waals surface area contributed by atoms with Crippen LogP contribution in [0.4, 0.5) is 10.5 Å². The molecule has 1 aromatic carbocycles. The standard InChI is InChI=1S/C20H30N2O3/c1-2-20(15-23)8-10-22(11-9-20)19(24)21-18-5-3-4-17(12-18)14-25-13-16-6-7-16/h3-5,12,16,23H,2,6-11,13-15H2,1H3,(H,21,24). The maximum absolute atomic E-state index is 12.5. The second kappa shape index (κ2) is 8.19. The molecule has 25 heavy (non-hydrogen) atoms. The smallest absolute Gasteiger partial charge is 0.321 e. The molecule has 0 aromatic heterocycles. The van der Waals surface area contributed by atoms with Crippen molar-refractivity contribution in [1.82, 2.24) is 4.90 Å². The minimum atomic E-state index is -0.0568. The number of nitrogens with zero attached hydrogens (tertiary/aromatic N) is 1. The SMILES string of the molecule is CCC1(CO)CCN(C(=O)Nc2cccc(COCC3CC3)c2)CC1. The van der Waals surface area contributed by atoms with E-state index in [-0.39, 0.29) is 18.1 Å². The van der Waals surface area contributed by atoms with Crippen molar-refractivity contribution < 1.29 is 14.6 Å². The van der Waals surface area contributed by atoms with E-state index in [1.54, 1.807) is 0 Å². The van der Waals surface area contributed by atoms with Crippen LogP contribution in [0.25, 0.3) is 0 Å². The molecule has 1 saturated carbocycles. The van der Waals surface area contributed by atoms with Crippen LogP contribution in [-0.4, -0.2) is 42.3 Å². The molecule has 1 aromatic rings. The minimum absolute atomic E-state index is 0.00437. The van der Waals surface area contributed by atoms with Crippen LogP contribution in [0.3, 0.4) is 0 Å². The molecule has 3 rings (SSSR count). The molecule has 2 fully saturated rings. The highest BCUT2D eigenvalue weighted by Gasteiger charge is 2.33. The third kappa shape index (κ3) is 4.95. The van der Waals surface area contributed by atoms with Gasteiger partial charge in [0, 0.05) is 32.0 Å². The Labute approximate surface area is 150 Å². The molecule has 0 unspecified atom stereocenters. The lowest BCUT2D eigenvalue weighted by Gasteiger charge is -2.40. The second-order valence-corrected chi connectivity index (χ2v) is 7.59. The predicted molar refractivity (Wildman–Crippen MR) is 98.5 cm³/mol. The molecule has 0 bridgehead atoms. The molecule has 5 heteroatoms. The average molecular weight is 346 g/mol. The number of hydrogen-bond donors (Lipinski definition) is 2. The Morgan fingerprint density at radius 3 is 2.76 bits per heavy atom. The van der Waals surface area contributed by atoms with Gasteiger partial charge in [0.15, 0.2) is 0 Å². The summed E-state index contributed by atoms with van der Waals surface area (Å²) in [6.07, 6.45) is 5.27. The fourth-order valence-electron chi connectivity index (χ4n) is 3.38. The molecule has 0 spiro atoms. The number of amides is 2. The molecule has 1 aliphatic carbocycles. The molecular weight excluding hydrogens is 316 g/mol. The Bertz CT molecular complexity index is 572. The summed E-state index contributed by atoms with van der Waals surface area (Å²) >= 11 is 0. The van der Waals surface area contributed by atoms with E-state index in [9.17, 15) is 9.90 Å². The monoisotopic (exact) mass is 346 g/mol. The molecule has 2 amide bonds. The number of aliphatic hydroxyl groups is 1.